The molecule has 0 unspecified atom stereocenters. The average molecular weight is 290 g/mol. The number of aryl methyl sites for hydroxylation is 1. The second-order valence-corrected chi connectivity index (χ2v) is 4.73. The van der Waals surface area contributed by atoms with Crippen LogP contribution in [0.5, 0.6) is 0 Å². The van der Waals surface area contributed by atoms with E-state index >= 15 is 0 Å². The average Bonchev–Trinajstić information content (AvgIpc) is 3.00. The van der Waals surface area contributed by atoms with Gasteiger partial charge in [-0.1, -0.05) is 24.2 Å². The van der Waals surface area contributed by atoms with E-state index in [4.69, 9.17) is 9.15 Å². The highest BCUT2D eigenvalue weighted by Crippen LogP contribution is 2.22. The smallest absolute Gasteiger partial charge is 0.322 e. The molecule has 1 aromatic heterocycles. The standard InChI is InChI=1S/C15H22N4O2/c1-4-12-5-7-13(8-6-12)19(2)15-18-17-14(21-15)11-16-9-10-20-3/h5-8,16H,4,9-11H2,1-3H3. The maximum absolute atomic E-state index is 5.64. The number of methoxy groups -OCH3 is 1. The molecule has 1 N–H and O–H groups in total. The van der Waals surface area contributed by atoms with E-state index in [-0.39, 0.29) is 0 Å². The summed E-state index contributed by atoms with van der Waals surface area (Å²) in [5.41, 5.74) is 2.33. The van der Waals surface area contributed by atoms with E-state index < -0.39 is 0 Å². The normalized spacial score (nSPS) is 10.8. The van der Waals surface area contributed by atoms with Gasteiger partial charge in [-0.3, -0.25) is 4.90 Å². The fourth-order valence-electron chi connectivity index (χ4n) is 1.89. The third-order valence-corrected chi connectivity index (χ3v) is 3.23. The Labute approximate surface area is 125 Å². The summed E-state index contributed by atoms with van der Waals surface area (Å²) in [6, 6.07) is 8.81. The molecule has 2 rings (SSSR count). The third-order valence-electron chi connectivity index (χ3n) is 3.23. The fraction of sp³-hybridized carbons (Fsp3) is 0.467. The number of rotatable bonds is 8. The van der Waals surface area contributed by atoms with Gasteiger partial charge >= 0.3 is 6.01 Å². The van der Waals surface area contributed by atoms with Crippen LogP contribution < -0.4 is 10.2 Å². The van der Waals surface area contributed by atoms with Crippen molar-refractivity contribution in [1.82, 2.24) is 15.5 Å². The fourth-order valence-corrected chi connectivity index (χ4v) is 1.89. The van der Waals surface area contributed by atoms with E-state index in [2.05, 4.69) is 46.7 Å². The van der Waals surface area contributed by atoms with Gasteiger partial charge in [-0.25, -0.2) is 0 Å². The highest BCUT2D eigenvalue weighted by Gasteiger charge is 2.12. The quantitative estimate of drug-likeness (QED) is 0.751. The number of anilines is 2. The lowest BCUT2D eigenvalue weighted by molar-refractivity contribution is 0.198. The van der Waals surface area contributed by atoms with Crippen LogP contribution in [0.1, 0.15) is 18.4 Å². The van der Waals surface area contributed by atoms with Crippen LogP contribution in [-0.2, 0) is 17.7 Å². The van der Waals surface area contributed by atoms with Gasteiger partial charge in [0.15, 0.2) is 0 Å². The van der Waals surface area contributed by atoms with Crippen LogP contribution in [0.25, 0.3) is 0 Å². The molecule has 0 saturated heterocycles. The Morgan fingerprint density at radius 3 is 2.67 bits per heavy atom. The van der Waals surface area contributed by atoms with E-state index in [0.29, 0.717) is 25.1 Å². The van der Waals surface area contributed by atoms with Crippen LogP contribution in [0, 0.1) is 0 Å². The molecule has 0 spiro atoms. The largest absolute Gasteiger partial charge is 0.406 e. The molecule has 0 aliphatic carbocycles. The monoisotopic (exact) mass is 290 g/mol. The van der Waals surface area contributed by atoms with Gasteiger partial charge in [0, 0.05) is 26.4 Å². The van der Waals surface area contributed by atoms with Crippen LogP contribution in [-0.4, -0.2) is 37.5 Å². The number of aromatic nitrogens is 2. The second-order valence-electron chi connectivity index (χ2n) is 4.73. The molecule has 1 aromatic carbocycles. The van der Waals surface area contributed by atoms with Crippen molar-refractivity contribution >= 4 is 11.7 Å². The molecule has 0 aliphatic rings. The van der Waals surface area contributed by atoms with E-state index in [1.54, 1.807) is 7.11 Å². The molecular formula is C15H22N4O2. The first-order valence-electron chi connectivity index (χ1n) is 7.09. The minimum atomic E-state index is 0.489. The Hall–Kier alpha value is -1.92. The molecule has 0 atom stereocenters. The maximum Gasteiger partial charge on any atom is 0.322 e. The zero-order chi connectivity index (χ0) is 15.1. The summed E-state index contributed by atoms with van der Waals surface area (Å²) < 4.78 is 10.6. The number of ether oxygens (including phenoxy) is 1. The van der Waals surface area contributed by atoms with Crippen molar-refractivity contribution in [1.29, 1.82) is 0 Å². The first kappa shape index (κ1) is 15.5. The van der Waals surface area contributed by atoms with Crippen LogP contribution in [0.4, 0.5) is 11.7 Å². The Morgan fingerprint density at radius 2 is 2.00 bits per heavy atom. The number of hydrogen-bond acceptors (Lipinski definition) is 6. The first-order valence-corrected chi connectivity index (χ1v) is 7.09. The number of benzene rings is 1. The Bertz CT molecular complexity index is 539. The molecule has 21 heavy (non-hydrogen) atoms. The SMILES string of the molecule is CCc1ccc(N(C)c2nnc(CNCCOC)o2)cc1. The summed E-state index contributed by atoms with van der Waals surface area (Å²) in [4.78, 5) is 1.88. The Kier molecular flexibility index (Phi) is 5.71. The molecule has 0 amide bonds. The van der Waals surface area contributed by atoms with Gasteiger partial charge in [-0.2, -0.15) is 0 Å². The molecule has 0 saturated carbocycles. The lowest BCUT2D eigenvalue weighted by atomic mass is 10.1. The highest BCUT2D eigenvalue weighted by molar-refractivity contribution is 5.55. The van der Waals surface area contributed by atoms with Gasteiger partial charge in [-0.15, -0.1) is 5.10 Å². The van der Waals surface area contributed by atoms with E-state index in [9.17, 15) is 0 Å². The van der Waals surface area contributed by atoms with Gasteiger partial charge in [0.25, 0.3) is 0 Å². The van der Waals surface area contributed by atoms with E-state index in [1.165, 1.54) is 5.56 Å². The summed E-state index contributed by atoms with van der Waals surface area (Å²) in [5.74, 6) is 0.568. The van der Waals surface area contributed by atoms with Gasteiger partial charge < -0.3 is 14.5 Å². The van der Waals surface area contributed by atoms with Crippen molar-refractivity contribution in [3.8, 4) is 0 Å². The highest BCUT2D eigenvalue weighted by atomic mass is 16.5. The molecular weight excluding hydrogens is 268 g/mol. The summed E-state index contributed by atoms with van der Waals surface area (Å²) in [6.07, 6.45) is 1.03. The van der Waals surface area contributed by atoms with Crippen molar-refractivity contribution in [2.45, 2.75) is 19.9 Å². The van der Waals surface area contributed by atoms with Gasteiger partial charge in [0.05, 0.1) is 13.2 Å². The molecule has 2 aromatic rings. The third kappa shape index (κ3) is 4.27. The zero-order valence-electron chi connectivity index (χ0n) is 12.8. The number of nitrogens with zero attached hydrogens (tertiary/aromatic N) is 3. The minimum absolute atomic E-state index is 0.489. The van der Waals surface area contributed by atoms with Crippen molar-refractivity contribution in [3.63, 3.8) is 0 Å². The zero-order valence-corrected chi connectivity index (χ0v) is 12.8. The summed E-state index contributed by atoms with van der Waals surface area (Å²) in [6.45, 7) is 4.09. The lowest BCUT2D eigenvalue weighted by Gasteiger charge is -2.14. The minimum Gasteiger partial charge on any atom is -0.406 e. The first-order chi connectivity index (χ1) is 10.2. The van der Waals surface area contributed by atoms with Gasteiger partial charge in [-0.05, 0) is 24.1 Å². The molecule has 0 aliphatic heterocycles. The second kappa shape index (κ2) is 7.75. The number of nitrogens with one attached hydrogen (secondary N) is 1. The molecule has 0 radical (unpaired) electrons. The number of hydrogen-bond donors (Lipinski definition) is 1. The molecule has 114 valence electrons. The summed E-state index contributed by atoms with van der Waals surface area (Å²) >= 11 is 0. The van der Waals surface area contributed by atoms with Crippen LogP contribution in [0.15, 0.2) is 28.7 Å². The lowest BCUT2D eigenvalue weighted by Crippen LogP contribution is -2.18. The van der Waals surface area contributed by atoms with Crippen molar-refractivity contribution in [3.05, 3.63) is 35.7 Å². The van der Waals surface area contributed by atoms with Gasteiger partial charge in [0.2, 0.25) is 5.89 Å². The topological polar surface area (TPSA) is 63.4 Å². The summed E-state index contributed by atoms with van der Waals surface area (Å²) in [5, 5.41) is 11.3. The molecule has 6 nitrogen and oxygen atoms in total. The van der Waals surface area contributed by atoms with E-state index in [1.807, 2.05) is 11.9 Å². The van der Waals surface area contributed by atoms with Crippen molar-refractivity contribution < 1.29 is 9.15 Å². The molecule has 1 heterocycles. The molecule has 0 bridgehead atoms. The van der Waals surface area contributed by atoms with Crippen LogP contribution in [0.3, 0.4) is 0 Å². The Morgan fingerprint density at radius 1 is 1.24 bits per heavy atom. The van der Waals surface area contributed by atoms with Gasteiger partial charge in [0.1, 0.15) is 0 Å². The van der Waals surface area contributed by atoms with Crippen molar-refractivity contribution in [2.24, 2.45) is 0 Å². The predicted octanol–water partition coefficient (Wildman–Crippen LogP) is 2.14. The predicted molar refractivity (Wildman–Crippen MR) is 81.8 cm³/mol. The maximum atomic E-state index is 5.64. The van der Waals surface area contributed by atoms with Crippen LogP contribution >= 0.6 is 0 Å². The Balaban J connectivity index is 1.95. The van der Waals surface area contributed by atoms with E-state index in [0.717, 1.165) is 18.7 Å². The molecule has 6 heteroatoms. The van der Waals surface area contributed by atoms with Crippen LogP contribution in [0.2, 0.25) is 0 Å². The van der Waals surface area contributed by atoms with Crippen molar-refractivity contribution in [2.75, 3.05) is 32.2 Å². The molecule has 0 fully saturated rings. The summed E-state index contributed by atoms with van der Waals surface area (Å²) in [7, 11) is 3.59.